The first-order valence-electron chi connectivity index (χ1n) is 4.33. The van der Waals surface area contributed by atoms with Crippen LogP contribution in [-0.4, -0.2) is 11.4 Å². The largest absolute Gasteiger partial charge is 0.508 e. The van der Waals surface area contributed by atoms with Crippen LogP contribution in [0, 0.1) is 0 Å². The lowest BCUT2D eigenvalue weighted by Crippen LogP contribution is -2.19. The van der Waals surface area contributed by atoms with E-state index >= 15 is 0 Å². The third kappa shape index (κ3) is 1.42. The summed E-state index contributed by atoms with van der Waals surface area (Å²) in [7, 11) is 0. The van der Waals surface area contributed by atoms with Crippen LogP contribution in [0.15, 0.2) is 23.1 Å². The van der Waals surface area contributed by atoms with Crippen molar-refractivity contribution in [1.29, 1.82) is 0 Å². The predicted molar refractivity (Wildman–Crippen MR) is 55.0 cm³/mol. The average Bonchev–Trinajstić information content (AvgIpc) is 2.84. The van der Waals surface area contributed by atoms with Gasteiger partial charge in [0.15, 0.2) is 0 Å². The second kappa shape index (κ2) is 2.93. The Kier molecular flexibility index (Phi) is 2.00. The lowest BCUT2D eigenvalue weighted by molar-refractivity contribution is 0.456. The Balaban J connectivity index is 2.52. The Morgan fingerprint density at radius 2 is 2.15 bits per heavy atom. The number of hydrogen-bond acceptors (Lipinski definition) is 3. The summed E-state index contributed by atoms with van der Waals surface area (Å²) in [5, 5.41) is 9.70. The van der Waals surface area contributed by atoms with Crippen LogP contribution in [0.2, 0.25) is 0 Å². The Bertz CT molecular complexity index is 334. The Morgan fingerprint density at radius 1 is 1.46 bits per heavy atom. The lowest BCUT2D eigenvalue weighted by Gasteiger charge is -2.15. The summed E-state index contributed by atoms with van der Waals surface area (Å²) >= 11 is 1.64. The first kappa shape index (κ1) is 8.91. The van der Waals surface area contributed by atoms with E-state index in [-0.39, 0.29) is 5.54 Å². The zero-order valence-electron chi connectivity index (χ0n) is 7.58. The molecule has 3 N–H and O–H groups in total. The van der Waals surface area contributed by atoms with Gasteiger partial charge in [0.05, 0.1) is 0 Å². The summed E-state index contributed by atoms with van der Waals surface area (Å²) in [5.74, 6) is 0.340. The van der Waals surface area contributed by atoms with Crippen molar-refractivity contribution >= 4 is 11.8 Å². The van der Waals surface area contributed by atoms with Gasteiger partial charge in [-0.15, -0.1) is 11.8 Å². The van der Waals surface area contributed by atoms with E-state index in [0.29, 0.717) is 5.75 Å². The molecular formula is C10H13NOS. The monoisotopic (exact) mass is 195 g/mol. The summed E-state index contributed by atoms with van der Waals surface area (Å²) in [6, 6.07) is 5.57. The van der Waals surface area contributed by atoms with E-state index in [1.54, 1.807) is 17.8 Å². The first-order valence-corrected chi connectivity index (χ1v) is 5.55. The lowest BCUT2D eigenvalue weighted by atomic mass is 10.0. The fourth-order valence-electron chi connectivity index (χ4n) is 1.57. The van der Waals surface area contributed by atoms with Crippen LogP contribution in [0.3, 0.4) is 0 Å². The van der Waals surface area contributed by atoms with Gasteiger partial charge in [-0.3, -0.25) is 0 Å². The van der Waals surface area contributed by atoms with Crippen LogP contribution < -0.4 is 5.73 Å². The highest BCUT2D eigenvalue weighted by molar-refractivity contribution is 7.98. The predicted octanol–water partition coefficient (Wildman–Crippen LogP) is 2.06. The number of nitrogens with two attached hydrogens (primary N) is 1. The van der Waals surface area contributed by atoms with Crippen LogP contribution in [0.4, 0.5) is 0 Å². The molecule has 0 amide bonds. The minimum Gasteiger partial charge on any atom is -0.508 e. The molecule has 0 saturated heterocycles. The van der Waals surface area contributed by atoms with E-state index in [4.69, 9.17) is 5.73 Å². The van der Waals surface area contributed by atoms with Crippen molar-refractivity contribution in [3.63, 3.8) is 0 Å². The van der Waals surface area contributed by atoms with Gasteiger partial charge in [0.1, 0.15) is 5.75 Å². The maximum Gasteiger partial charge on any atom is 0.121 e. The van der Waals surface area contributed by atoms with Crippen molar-refractivity contribution < 1.29 is 5.11 Å². The molecule has 0 unspecified atom stereocenters. The van der Waals surface area contributed by atoms with Gasteiger partial charge in [0.25, 0.3) is 0 Å². The molecule has 0 atom stereocenters. The first-order chi connectivity index (χ1) is 6.17. The van der Waals surface area contributed by atoms with Crippen LogP contribution in [0.25, 0.3) is 0 Å². The molecule has 3 heteroatoms. The quantitative estimate of drug-likeness (QED) is 0.710. The molecule has 0 heterocycles. The fraction of sp³-hybridized carbons (Fsp3) is 0.400. The van der Waals surface area contributed by atoms with Gasteiger partial charge in [0, 0.05) is 16.0 Å². The Morgan fingerprint density at radius 3 is 2.69 bits per heavy atom. The number of aromatic hydroxyl groups is 1. The topological polar surface area (TPSA) is 46.2 Å². The molecule has 0 aromatic heterocycles. The third-order valence-corrected chi connectivity index (χ3v) is 3.29. The molecular weight excluding hydrogens is 182 g/mol. The highest BCUT2D eigenvalue weighted by Crippen LogP contribution is 2.49. The van der Waals surface area contributed by atoms with Crippen LogP contribution in [-0.2, 0) is 5.54 Å². The minimum atomic E-state index is -0.246. The summed E-state index contributed by atoms with van der Waals surface area (Å²) < 4.78 is 0. The number of benzene rings is 1. The number of phenols is 1. The van der Waals surface area contributed by atoms with Crippen molar-refractivity contribution in [1.82, 2.24) is 0 Å². The molecule has 0 spiro atoms. The number of hydrogen-bond donors (Lipinski definition) is 2. The zero-order valence-corrected chi connectivity index (χ0v) is 8.40. The van der Waals surface area contributed by atoms with Gasteiger partial charge in [-0.2, -0.15) is 0 Å². The van der Waals surface area contributed by atoms with Crippen molar-refractivity contribution in [3.05, 3.63) is 23.8 Å². The number of rotatable bonds is 2. The van der Waals surface area contributed by atoms with E-state index in [2.05, 4.69) is 0 Å². The highest BCUT2D eigenvalue weighted by atomic mass is 32.2. The molecule has 1 aromatic rings. The summed E-state index contributed by atoms with van der Waals surface area (Å²) in [6.07, 6.45) is 3.97. The fourth-order valence-corrected chi connectivity index (χ4v) is 2.30. The van der Waals surface area contributed by atoms with E-state index < -0.39 is 0 Å². The summed E-state index contributed by atoms with van der Waals surface area (Å²) in [6.45, 7) is 0. The third-order valence-electron chi connectivity index (χ3n) is 2.51. The summed E-state index contributed by atoms with van der Waals surface area (Å²) in [5.41, 5.74) is 6.76. The van der Waals surface area contributed by atoms with Gasteiger partial charge >= 0.3 is 0 Å². The molecule has 1 aromatic carbocycles. The molecule has 1 aliphatic carbocycles. The highest BCUT2D eigenvalue weighted by Gasteiger charge is 2.43. The second-order valence-electron chi connectivity index (χ2n) is 3.51. The van der Waals surface area contributed by atoms with Crippen molar-refractivity contribution in [2.24, 2.45) is 5.73 Å². The van der Waals surface area contributed by atoms with E-state index in [9.17, 15) is 5.11 Å². The van der Waals surface area contributed by atoms with Crippen molar-refractivity contribution in [2.75, 3.05) is 6.26 Å². The van der Waals surface area contributed by atoms with E-state index in [1.807, 2.05) is 18.4 Å². The second-order valence-corrected chi connectivity index (χ2v) is 4.36. The van der Waals surface area contributed by atoms with Crippen molar-refractivity contribution in [2.45, 2.75) is 23.3 Å². The molecule has 0 bridgehead atoms. The summed E-state index contributed by atoms with van der Waals surface area (Å²) in [4.78, 5) is 1.10. The molecule has 2 rings (SSSR count). The van der Waals surface area contributed by atoms with Crippen LogP contribution >= 0.6 is 11.8 Å². The van der Waals surface area contributed by atoms with E-state index in [0.717, 1.165) is 23.3 Å². The van der Waals surface area contributed by atoms with Crippen LogP contribution in [0.1, 0.15) is 18.4 Å². The Labute approximate surface area is 82.1 Å². The maximum atomic E-state index is 9.70. The van der Waals surface area contributed by atoms with Crippen molar-refractivity contribution in [3.8, 4) is 5.75 Å². The molecule has 1 fully saturated rings. The normalized spacial score (nSPS) is 18.6. The molecule has 0 radical (unpaired) electrons. The maximum absolute atomic E-state index is 9.70. The molecule has 0 aliphatic heterocycles. The SMILES string of the molecule is CSc1cccc(O)c1C1(N)CC1. The standard InChI is InChI=1S/C10H13NOS/c1-13-8-4-2-3-7(12)9(8)10(11)5-6-10/h2-4,12H,5-6,11H2,1H3. The zero-order chi connectivity index (χ0) is 9.47. The molecule has 70 valence electrons. The molecule has 2 nitrogen and oxygen atoms in total. The average molecular weight is 195 g/mol. The van der Waals surface area contributed by atoms with Gasteiger partial charge < -0.3 is 10.8 Å². The number of phenolic OH excluding ortho intramolecular Hbond substituents is 1. The van der Waals surface area contributed by atoms with Crippen LogP contribution in [0.5, 0.6) is 5.75 Å². The molecule has 13 heavy (non-hydrogen) atoms. The minimum absolute atomic E-state index is 0.246. The smallest absolute Gasteiger partial charge is 0.121 e. The van der Waals surface area contributed by atoms with Gasteiger partial charge in [0.2, 0.25) is 0 Å². The molecule has 1 aliphatic rings. The van der Waals surface area contributed by atoms with Gasteiger partial charge in [-0.05, 0) is 31.2 Å². The van der Waals surface area contributed by atoms with Gasteiger partial charge in [-0.25, -0.2) is 0 Å². The number of thioether (sulfide) groups is 1. The molecule has 1 saturated carbocycles. The van der Waals surface area contributed by atoms with Gasteiger partial charge in [-0.1, -0.05) is 6.07 Å². The Hall–Kier alpha value is -0.670. The van der Waals surface area contributed by atoms with E-state index in [1.165, 1.54) is 0 Å².